The lowest BCUT2D eigenvalue weighted by Crippen LogP contribution is -2.45. The molecule has 0 heterocycles. The number of carboxylic acid groups (broad SMARTS) is 1. The van der Waals surface area contributed by atoms with Crippen LogP contribution in [-0.2, 0) is 4.79 Å². The summed E-state index contributed by atoms with van der Waals surface area (Å²) >= 11 is 5.85. The molecule has 0 atom stereocenters. The smallest absolute Gasteiger partial charge is 0.319 e. The molecule has 0 saturated heterocycles. The molecule has 1 aromatic rings. The highest BCUT2D eigenvalue weighted by Crippen LogP contribution is 2.20. The van der Waals surface area contributed by atoms with E-state index < -0.39 is 11.5 Å². The second kappa shape index (κ2) is 6.61. The summed E-state index contributed by atoms with van der Waals surface area (Å²) in [7, 11) is 0. The summed E-state index contributed by atoms with van der Waals surface area (Å²) in [6.45, 7) is 5.41. The molecule has 0 unspecified atom stereocenters. The van der Waals surface area contributed by atoms with Crippen LogP contribution in [0.3, 0.4) is 0 Å². The minimum absolute atomic E-state index is 0.00720. The zero-order chi connectivity index (χ0) is 15.3. The lowest BCUT2D eigenvalue weighted by Gasteiger charge is -2.26. The number of hydrogen-bond donors (Lipinski definition) is 3. The van der Waals surface area contributed by atoms with Gasteiger partial charge >= 0.3 is 12.0 Å². The van der Waals surface area contributed by atoms with E-state index in [2.05, 4.69) is 10.6 Å². The van der Waals surface area contributed by atoms with Gasteiger partial charge in [-0.15, -0.1) is 0 Å². The molecule has 0 fully saturated rings. The van der Waals surface area contributed by atoms with Gasteiger partial charge in [0.15, 0.2) is 0 Å². The van der Waals surface area contributed by atoms with E-state index in [-0.39, 0.29) is 12.5 Å². The van der Waals surface area contributed by atoms with Gasteiger partial charge < -0.3 is 15.7 Å². The van der Waals surface area contributed by atoms with Crippen LogP contribution in [0, 0.1) is 6.92 Å². The normalized spacial score (nSPS) is 11.0. The molecule has 6 heteroatoms. The number of aryl methyl sites for hydroxylation is 1. The quantitative estimate of drug-likeness (QED) is 0.779. The highest BCUT2D eigenvalue weighted by Gasteiger charge is 2.21. The number of halogens is 1. The third kappa shape index (κ3) is 5.48. The van der Waals surface area contributed by atoms with Gasteiger partial charge in [-0.25, -0.2) is 4.79 Å². The number of carbonyl (C=O) groups excluding carboxylic acids is 1. The van der Waals surface area contributed by atoms with Crippen LogP contribution in [0.4, 0.5) is 10.5 Å². The Hall–Kier alpha value is -1.75. The number of carbonyl (C=O) groups is 2. The Labute approximate surface area is 123 Å². The van der Waals surface area contributed by atoms with Gasteiger partial charge in [0, 0.05) is 22.7 Å². The van der Waals surface area contributed by atoms with Crippen molar-refractivity contribution in [2.45, 2.75) is 39.2 Å². The zero-order valence-corrected chi connectivity index (χ0v) is 12.5. The van der Waals surface area contributed by atoms with Crippen LogP contribution in [0.1, 0.15) is 32.3 Å². The molecular formula is C14H19ClN2O3. The van der Waals surface area contributed by atoms with E-state index in [1.165, 1.54) is 0 Å². The van der Waals surface area contributed by atoms with Crippen molar-refractivity contribution in [3.05, 3.63) is 28.8 Å². The molecule has 5 nitrogen and oxygen atoms in total. The summed E-state index contributed by atoms with van der Waals surface area (Å²) in [6, 6.07) is 4.80. The zero-order valence-electron chi connectivity index (χ0n) is 11.8. The first kappa shape index (κ1) is 16.3. The lowest BCUT2D eigenvalue weighted by molar-refractivity contribution is -0.137. The van der Waals surface area contributed by atoms with Gasteiger partial charge in [0.05, 0.1) is 0 Å². The van der Waals surface area contributed by atoms with Crippen molar-refractivity contribution in [2.75, 3.05) is 5.32 Å². The van der Waals surface area contributed by atoms with E-state index in [0.29, 0.717) is 17.1 Å². The SMILES string of the molecule is Cc1cc(Cl)ccc1NC(=O)NC(C)(C)CCC(=O)O. The summed E-state index contributed by atoms with van der Waals surface area (Å²) in [6.07, 6.45) is 0.364. The van der Waals surface area contributed by atoms with Crippen LogP contribution < -0.4 is 10.6 Å². The standard InChI is InChI=1S/C14H19ClN2O3/c1-9-8-10(15)4-5-11(9)16-13(20)17-14(2,3)7-6-12(18)19/h4-5,8H,6-7H2,1-3H3,(H,18,19)(H2,16,17,20). The molecular weight excluding hydrogens is 280 g/mol. The Bertz CT molecular complexity index is 515. The molecule has 0 radical (unpaired) electrons. The highest BCUT2D eigenvalue weighted by atomic mass is 35.5. The number of carboxylic acids is 1. The first-order chi connectivity index (χ1) is 9.19. The first-order valence-corrected chi connectivity index (χ1v) is 6.64. The molecule has 0 aliphatic rings. The van der Waals surface area contributed by atoms with Gasteiger partial charge in [-0.3, -0.25) is 4.79 Å². The maximum atomic E-state index is 11.9. The maximum Gasteiger partial charge on any atom is 0.319 e. The van der Waals surface area contributed by atoms with Crippen molar-refractivity contribution < 1.29 is 14.7 Å². The van der Waals surface area contributed by atoms with E-state index >= 15 is 0 Å². The highest BCUT2D eigenvalue weighted by molar-refractivity contribution is 6.30. The van der Waals surface area contributed by atoms with Crippen molar-refractivity contribution in [2.24, 2.45) is 0 Å². The fourth-order valence-electron chi connectivity index (χ4n) is 1.71. The number of amides is 2. The molecule has 2 amide bonds. The molecule has 1 aromatic carbocycles. The number of aliphatic carboxylic acids is 1. The largest absolute Gasteiger partial charge is 0.481 e. The molecule has 0 aliphatic heterocycles. The summed E-state index contributed by atoms with van der Waals surface area (Å²) in [4.78, 5) is 22.5. The second-order valence-corrected chi connectivity index (χ2v) is 5.75. The molecule has 3 N–H and O–H groups in total. The summed E-state index contributed by atoms with van der Waals surface area (Å²) < 4.78 is 0. The predicted octanol–water partition coefficient (Wildman–Crippen LogP) is 3.41. The average molecular weight is 299 g/mol. The molecule has 0 saturated carbocycles. The Morgan fingerprint density at radius 2 is 2.00 bits per heavy atom. The minimum Gasteiger partial charge on any atom is -0.481 e. The number of anilines is 1. The Morgan fingerprint density at radius 1 is 1.35 bits per heavy atom. The van der Waals surface area contributed by atoms with E-state index in [9.17, 15) is 9.59 Å². The van der Waals surface area contributed by atoms with Crippen LogP contribution in [0.15, 0.2) is 18.2 Å². The van der Waals surface area contributed by atoms with Crippen molar-refractivity contribution in [1.82, 2.24) is 5.32 Å². The molecule has 0 spiro atoms. The van der Waals surface area contributed by atoms with E-state index in [1.54, 1.807) is 32.0 Å². The van der Waals surface area contributed by atoms with Gasteiger partial charge in [-0.2, -0.15) is 0 Å². The number of rotatable bonds is 5. The summed E-state index contributed by atoms with van der Waals surface area (Å²) in [5.74, 6) is -0.881. The molecule has 110 valence electrons. The van der Waals surface area contributed by atoms with Gasteiger partial charge in [0.25, 0.3) is 0 Å². The van der Waals surface area contributed by atoms with E-state index in [0.717, 1.165) is 5.56 Å². The first-order valence-electron chi connectivity index (χ1n) is 6.27. The minimum atomic E-state index is -0.881. The maximum absolute atomic E-state index is 11.9. The number of nitrogens with one attached hydrogen (secondary N) is 2. The van der Waals surface area contributed by atoms with Crippen LogP contribution in [-0.4, -0.2) is 22.6 Å². The van der Waals surface area contributed by atoms with Gasteiger partial charge in [0.2, 0.25) is 0 Å². The fourth-order valence-corrected chi connectivity index (χ4v) is 1.94. The molecule has 0 bridgehead atoms. The third-order valence-electron chi connectivity index (χ3n) is 2.85. The van der Waals surface area contributed by atoms with Crippen molar-refractivity contribution in [3.63, 3.8) is 0 Å². The van der Waals surface area contributed by atoms with Gasteiger partial charge in [-0.05, 0) is 51.0 Å². The molecule has 0 aromatic heterocycles. The van der Waals surface area contributed by atoms with Gasteiger partial charge in [0.1, 0.15) is 0 Å². The Kier molecular flexibility index (Phi) is 5.39. The van der Waals surface area contributed by atoms with Crippen LogP contribution >= 0.6 is 11.6 Å². The number of urea groups is 1. The van der Waals surface area contributed by atoms with Crippen LogP contribution in [0.5, 0.6) is 0 Å². The van der Waals surface area contributed by atoms with Crippen molar-refractivity contribution >= 4 is 29.3 Å². The fraction of sp³-hybridized carbons (Fsp3) is 0.429. The molecule has 20 heavy (non-hydrogen) atoms. The Morgan fingerprint density at radius 3 is 2.55 bits per heavy atom. The average Bonchev–Trinajstić information content (AvgIpc) is 2.30. The lowest BCUT2D eigenvalue weighted by atomic mass is 9.99. The van der Waals surface area contributed by atoms with Crippen molar-refractivity contribution in [1.29, 1.82) is 0 Å². The Balaban J connectivity index is 2.60. The molecule has 0 aliphatic carbocycles. The van der Waals surface area contributed by atoms with E-state index in [1.807, 2.05) is 6.92 Å². The number of benzene rings is 1. The topological polar surface area (TPSA) is 78.4 Å². The third-order valence-corrected chi connectivity index (χ3v) is 3.09. The monoisotopic (exact) mass is 298 g/mol. The molecule has 1 rings (SSSR count). The van der Waals surface area contributed by atoms with Gasteiger partial charge in [-0.1, -0.05) is 11.6 Å². The predicted molar refractivity (Wildman–Crippen MR) is 79.3 cm³/mol. The van der Waals surface area contributed by atoms with Crippen molar-refractivity contribution in [3.8, 4) is 0 Å². The summed E-state index contributed by atoms with van der Waals surface area (Å²) in [5, 5.41) is 14.8. The number of hydrogen-bond acceptors (Lipinski definition) is 2. The second-order valence-electron chi connectivity index (χ2n) is 5.32. The summed E-state index contributed by atoms with van der Waals surface area (Å²) in [5.41, 5.74) is 0.930. The van der Waals surface area contributed by atoms with Crippen LogP contribution in [0.2, 0.25) is 5.02 Å². The van der Waals surface area contributed by atoms with E-state index in [4.69, 9.17) is 16.7 Å². The van der Waals surface area contributed by atoms with Crippen LogP contribution in [0.25, 0.3) is 0 Å².